The Balaban J connectivity index is 1.98. The molecule has 8 heteroatoms. The fourth-order valence-corrected chi connectivity index (χ4v) is 4.16. The first kappa shape index (κ1) is 20.6. The van der Waals surface area contributed by atoms with Crippen LogP contribution in [0.5, 0.6) is 0 Å². The number of carbonyl (C=O) groups excluding carboxylic acids is 1. The Morgan fingerprint density at radius 2 is 1.92 bits per heavy atom. The van der Waals surface area contributed by atoms with Crippen LogP contribution in [0.3, 0.4) is 0 Å². The van der Waals surface area contributed by atoms with Crippen LogP contribution in [0.15, 0.2) is 53.4 Å². The lowest BCUT2D eigenvalue weighted by molar-refractivity contribution is -0.116. The van der Waals surface area contributed by atoms with E-state index in [-0.39, 0.29) is 18.9 Å². The fourth-order valence-electron chi connectivity index (χ4n) is 2.46. The van der Waals surface area contributed by atoms with Gasteiger partial charge in [0, 0.05) is 22.9 Å². The van der Waals surface area contributed by atoms with E-state index < -0.39 is 10.0 Å². The van der Waals surface area contributed by atoms with Crippen LogP contribution in [0.25, 0.3) is 0 Å². The maximum Gasteiger partial charge on any atom is 0.232 e. The van der Waals surface area contributed by atoms with Gasteiger partial charge in [-0.3, -0.25) is 9.10 Å². The van der Waals surface area contributed by atoms with Crippen molar-refractivity contribution in [3.8, 4) is 0 Å². The number of carbonyl (C=O) groups is 1. The normalized spacial score (nSPS) is 11.2. The minimum Gasteiger partial charge on any atom is -0.325 e. The third-order valence-electron chi connectivity index (χ3n) is 3.64. The van der Waals surface area contributed by atoms with Crippen molar-refractivity contribution < 1.29 is 13.2 Å². The van der Waals surface area contributed by atoms with E-state index in [4.69, 9.17) is 11.6 Å². The number of hydrogen-bond donors (Lipinski definition) is 1. The second kappa shape index (κ2) is 9.30. The van der Waals surface area contributed by atoms with Gasteiger partial charge in [0.2, 0.25) is 15.9 Å². The van der Waals surface area contributed by atoms with Gasteiger partial charge in [0.05, 0.1) is 17.6 Å². The molecule has 0 fully saturated rings. The van der Waals surface area contributed by atoms with Crippen molar-refractivity contribution in [1.29, 1.82) is 0 Å². The Bertz CT molecular complexity index is 872. The molecule has 0 bridgehead atoms. The third-order valence-corrected chi connectivity index (χ3v) is 5.87. The van der Waals surface area contributed by atoms with Crippen LogP contribution in [-0.4, -0.2) is 33.4 Å². The number of rotatable bonds is 8. The fraction of sp³-hybridized carbons (Fsp3) is 0.278. The van der Waals surface area contributed by atoms with E-state index >= 15 is 0 Å². The van der Waals surface area contributed by atoms with Gasteiger partial charge >= 0.3 is 0 Å². The Morgan fingerprint density at radius 3 is 2.58 bits per heavy atom. The summed E-state index contributed by atoms with van der Waals surface area (Å²) >= 11 is 7.51. The highest BCUT2D eigenvalue weighted by molar-refractivity contribution is 7.98. The molecule has 0 saturated heterocycles. The van der Waals surface area contributed by atoms with Crippen molar-refractivity contribution in [2.24, 2.45) is 0 Å². The van der Waals surface area contributed by atoms with Crippen molar-refractivity contribution in [1.82, 2.24) is 0 Å². The molecule has 0 aliphatic rings. The SMILES string of the molecule is CSc1ccccc1NC(=O)CCCN(c1cccc(Cl)c1)S(C)(=O)=O. The monoisotopic (exact) mass is 412 g/mol. The van der Waals surface area contributed by atoms with Crippen LogP contribution >= 0.6 is 23.4 Å². The molecular formula is C18H21ClN2O3S2. The number of halogens is 1. The molecule has 140 valence electrons. The molecule has 0 saturated carbocycles. The Morgan fingerprint density at radius 1 is 1.19 bits per heavy atom. The molecule has 0 spiro atoms. The van der Waals surface area contributed by atoms with Gasteiger partial charge in [-0.1, -0.05) is 29.8 Å². The lowest BCUT2D eigenvalue weighted by Crippen LogP contribution is -2.31. The summed E-state index contributed by atoms with van der Waals surface area (Å²) in [5, 5.41) is 3.33. The second-order valence-electron chi connectivity index (χ2n) is 5.67. The van der Waals surface area contributed by atoms with Crippen LogP contribution in [-0.2, 0) is 14.8 Å². The largest absolute Gasteiger partial charge is 0.325 e. The molecular weight excluding hydrogens is 392 g/mol. The maximum absolute atomic E-state index is 12.2. The number of thioether (sulfide) groups is 1. The zero-order valence-electron chi connectivity index (χ0n) is 14.6. The van der Waals surface area contributed by atoms with Crippen LogP contribution in [0.1, 0.15) is 12.8 Å². The highest BCUT2D eigenvalue weighted by Gasteiger charge is 2.18. The zero-order chi connectivity index (χ0) is 19.2. The lowest BCUT2D eigenvalue weighted by Gasteiger charge is -2.22. The average molecular weight is 413 g/mol. The number of anilines is 2. The Kier molecular flexibility index (Phi) is 7.37. The number of nitrogens with one attached hydrogen (secondary N) is 1. The minimum absolute atomic E-state index is 0.147. The molecule has 2 aromatic rings. The van der Waals surface area contributed by atoms with E-state index in [2.05, 4.69) is 5.32 Å². The molecule has 0 unspecified atom stereocenters. The summed E-state index contributed by atoms with van der Waals surface area (Å²) in [6.45, 7) is 0.205. The second-order valence-corrected chi connectivity index (χ2v) is 8.86. The molecule has 2 aromatic carbocycles. The van der Waals surface area contributed by atoms with Crippen LogP contribution < -0.4 is 9.62 Å². The summed E-state index contributed by atoms with van der Waals surface area (Å²) in [4.78, 5) is 13.2. The van der Waals surface area contributed by atoms with Crippen LogP contribution in [0, 0.1) is 0 Å². The molecule has 5 nitrogen and oxygen atoms in total. The molecule has 0 aliphatic heterocycles. The summed E-state index contributed by atoms with van der Waals surface area (Å²) in [5.74, 6) is -0.147. The van der Waals surface area contributed by atoms with Crippen LogP contribution in [0.2, 0.25) is 5.02 Å². The molecule has 0 heterocycles. The van der Waals surface area contributed by atoms with Gasteiger partial charge in [-0.15, -0.1) is 11.8 Å². The van der Waals surface area contributed by atoms with Gasteiger partial charge in [-0.2, -0.15) is 0 Å². The van der Waals surface area contributed by atoms with Gasteiger partial charge in [0.1, 0.15) is 0 Å². The number of nitrogens with zero attached hydrogens (tertiary/aromatic N) is 1. The zero-order valence-corrected chi connectivity index (χ0v) is 17.0. The van der Waals surface area contributed by atoms with E-state index in [0.29, 0.717) is 17.1 Å². The quantitative estimate of drug-likeness (QED) is 0.658. The molecule has 2 rings (SSSR count). The van der Waals surface area contributed by atoms with E-state index in [0.717, 1.165) is 16.8 Å². The first-order valence-corrected chi connectivity index (χ1v) is 11.4. The van der Waals surface area contributed by atoms with Crippen molar-refractivity contribution >= 4 is 50.7 Å². The predicted molar refractivity (Wildman–Crippen MR) is 110 cm³/mol. The summed E-state index contributed by atoms with van der Waals surface area (Å²) < 4.78 is 25.4. The van der Waals surface area contributed by atoms with Gasteiger partial charge in [0.25, 0.3) is 0 Å². The predicted octanol–water partition coefficient (Wildman–Crippen LogP) is 4.25. The Labute approximate surface area is 163 Å². The van der Waals surface area contributed by atoms with Gasteiger partial charge < -0.3 is 5.32 Å². The number of hydrogen-bond acceptors (Lipinski definition) is 4. The topological polar surface area (TPSA) is 66.5 Å². The maximum atomic E-state index is 12.2. The van der Waals surface area contributed by atoms with Crippen molar-refractivity contribution in [2.45, 2.75) is 17.7 Å². The van der Waals surface area contributed by atoms with E-state index in [1.807, 2.05) is 30.5 Å². The van der Waals surface area contributed by atoms with Gasteiger partial charge in [0.15, 0.2) is 0 Å². The summed E-state index contributed by atoms with van der Waals surface area (Å²) in [7, 11) is -3.46. The average Bonchev–Trinajstić information content (AvgIpc) is 2.58. The van der Waals surface area contributed by atoms with Crippen molar-refractivity contribution in [3.05, 3.63) is 53.6 Å². The summed E-state index contributed by atoms with van der Waals surface area (Å²) in [6, 6.07) is 14.2. The van der Waals surface area contributed by atoms with E-state index in [1.165, 1.54) is 4.31 Å². The summed E-state index contributed by atoms with van der Waals surface area (Å²) in [5.41, 5.74) is 1.26. The molecule has 0 aliphatic carbocycles. The molecule has 0 radical (unpaired) electrons. The van der Waals surface area contributed by atoms with Crippen LogP contribution in [0.4, 0.5) is 11.4 Å². The lowest BCUT2D eigenvalue weighted by atomic mass is 10.2. The molecule has 1 amide bonds. The Hall–Kier alpha value is -1.70. The standard InChI is InChI=1S/C18H21ClN2O3S2/c1-25-17-10-4-3-9-16(17)20-18(22)11-6-12-21(26(2,23)24)15-8-5-7-14(19)13-15/h3-5,7-10,13H,6,11-12H2,1-2H3,(H,20,22). The van der Waals surface area contributed by atoms with Gasteiger partial charge in [-0.25, -0.2) is 8.42 Å². The van der Waals surface area contributed by atoms with E-state index in [1.54, 1.807) is 36.0 Å². The summed E-state index contributed by atoms with van der Waals surface area (Å²) in [6.07, 6.45) is 3.70. The molecule has 26 heavy (non-hydrogen) atoms. The first-order chi connectivity index (χ1) is 12.3. The molecule has 0 atom stereocenters. The number of amides is 1. The molecule has 0 aromatic heterocycles. The highest BCUT2D eigenvalue weighted by atomic mass is 35.5. The van der Waals surface area contributed by atoms with Crippen molar-refractivity contribution in [3.63, 3.8) is 0 Å². The number of para-hydroxylation sites is 1. The van der Waals surface area contributed by atoms with Gasteiger partial charge in [-0.05, 0) is 43.0 Å². The smallest absolute Gasteiger partial charge is 0.232 e. The highest BCUT2D eigenvalue weighted by Crippen LogP contribution is 2.25. The number of sulfonamides is 1. The van der Waals surface area contributed by atoms with Crippen molar-refractivity contribution in [2.75, 3.05) is 28.7 Å². The van der Waals surface area contributed by atoms with E-state index in [9.17, 15) is 13.2 Å². The number of benzene rings is 2. The first-order valence-electron chi connectivity index (χ1n) is 7.97. The molecule has 1 N–H and O–H groups in total. The minimum atomic E-state index is -3.46. The third kappa shape index (κ3) is 5.93.